The molecule has 0 saturated heterocycles. The van der Waals surface area contributed by atoms with Gasteiger partial charge in [0.25, 0.3) is 0 Å². The number of rotatable bonds is 3. The van der Waals surface area contributed by atoms with Crippen LogP contribution in [-0.4, -0.2) is 9.79 Å². The highest BCUT2D eigenvalue weighted by Gasteiger charge is 2.16. The molecule has 9 heteroatoms. The minimum absolute atomic E-state index is 0.368. The summed E-state index contributed by atoms with van der Waals surface area (Å²) in [5.41, 5.74) is 0.743. The third-order valence-corrected chi connectivity index (χ3v) is 1.74. The van der Waals surface area contributed by atoms with Crippen LogP contribution in [0, 0.1) is 17.5 Å². The van der Waals surface area contributed by atoms with Gasteiger partial charge in [0.05, 0.1) is 0 Å². The van der Waals surface area contributed by atoms with E-state index in [2.05, 4.69) is 0 Å². The Morgan fingerprint density at radius 1 is 1.13 bits per heavy atom. The predicted octanol–water partition coefficient (Wildman–Crippen LogP) is 1.11. The van der Waals surface area contributed by atoms with Gasteiger partial charge < -0.3 is 15.2 Å². The molecule has 0 aliphatic carbocycles. The largest absolute Gasteiger partial charge is 0.417 e. The smallest absolute Gasteiger partial charge is 0.311 e. The topological polar surface area (TPSA) is 81.6 Å². The van der Waals surface area contributed by atoms with Crippen LogP contribution in [0.5, 0.6) is 0 Å². The van der Waals surface area contributed by atoms with Crippen molar-refractivity contribution in [1.29, 1.82) is 0 Å². The van der Waals surface area contributed by atoms with Crippen molar-refractivity contribution < 1.29 is 27.5 Å². The first kappa shape index (κ1) is 12.0. The molecule has 0 saturated carbocycles. The zero-order valence-electron chi connectivity index (χ0n) is 7.04. The second kappa shape index (κ2) is 4.19. The SMILES string of the molecule is O=P(O)(O)NNc1c(F)cc(F)cc1F. The molecule has 0 heterocycles. The molecule has 0 aliphatic rings. The van der Waals surface area contributed by atoms with Gasteiger partial charge in [-0.25, -0.2) is 17.7 Å². The van der Waals surface area contributed by atoms with E-state index in [1.165, 1.54) is 5.20 Å². The maximum atomic E-state index is 12.9. The van der Waals surface area contributed by atoms with Crippen LogP contribution in [0.15, 0.2) is 12.1 Å². The lowest BCUT2D eigenvalue weighted by Crippen LogP contribution is -2.19. The van der Waals surface area contributed by atoms with Crippen LogP contribution in [0.3, 0.4) is 0 Å². The Balaban J connectivity index is 2.91. The van der Waals surface area contributed by atoms with Crippen LogP contribution >= 0.6 is 7.75 Å². The first-order chi connectivity index (χ1) is 6.79. The van der Waals surface area contributed by atoms with E-state index in [0.29, 0.717) is 12.1 Å². The lowest BCUT2D eigenvalue weighted by molar-refractivity contribution is 0.362. The lowest BCUT2D eigenvalue weighted by atomic mass is 10.3. The molecule has 15 heavy (non-hydrogen) atoms. The van der Waals surface area contributed by atoms with Crippen molar-refractivity contribution in [2.75, 3.05) is 5.43 Å². The monoisotopic (exact) mass is 242 g/mol. The van der Waals surface area contributed by atoms with Crippen molar-refractivity contribution in [3.05, 3.63) is 29.6 Å². The summed E-state index contributed by atoms with van der Waals surface area (Å²) >= 11 is 0. The number of nitrogens with one attached hydrogen (secondary N) is 2. The highest BCUT2D eigenvalue weighted by molar-refractivity contribution is 7.49. The van der Waals surface area contributed by atoms with E-state index in [-0.39, 0.29) is 0 Å². The van der Waals surface area contributed by atoms with Crippen molar-refractivity contribution in [1.82, 2.24) is 5.20 Å². The summed E-state index contributed by atoms with van der Waals surface area (Å²) in [5.74, 6) is -3.76. The Labute approximate surface area is 82.1 Å². The van der Waals surface area contributed by atoms with Gasteiger partial charge in [0, 0.05) is 12.1 Å². The number of hydrazine groups is 1. The van der Waals surface area contributed by atoms with Gasteiger partial charge in [0.15, 0.2) is 11.6 Å². The highest BCUT2D eigenvalue weighted by Crippen LogP contribution is 2.29. The minimum Gasteiger partial charge on any atom is -0.311 e. The maximum Gasteiger partial charge on any atom is 0.417 e. The average molecular weight is 242 g/mol. The van der Waals surface area contributed by atoms with Crippen LogP contribution in [0.4, 0.5) is 18.9 Å². The third-order valence-electron chi connectivity index (χ3n) is 1.33. The number of anilines is 1. The molecule has 0 unspecified atom stereocenters. The number of hydrogen-bond donors (Lipinski definition) is 4. The summed E-state index contributed by atoms with van der Waals surface area (Å²) in [6, 6.07) is 0.736. The van der Waals surface area contributed by atoms with E-state index in [4.69, 9.17) is 9.79 Å². The average Bonchev–Trinajstić information content (AvgIpc) is 1.99. The third kappa shape index (κ3) is 3.52. The van der Waals surface area contributed by atoms with Crippen molar-refractivity contribution >= 4 is 13.4 Å². The fourth-order valence-electron chi connectivity index (χ4n) is 0.790. The van der Waals surface area contributed by atoms with Crippen LogP contribution < -0.4 is 10.6 Å². The fraction of sp³-hybridized carbons (Fsp3) is 0. The van der Waals surface area contributed by atoms with Gasteiger partial charge in [-0.2, -0.15) is 0 Å². The zero-order valence-corrected chi connectivity index (χ0v) is 7.93. The second-order valence-corrected chi connectivity index (χ2v) is 3.84. The van der Waals surface area contributed by atoms with Gasteiger partial charge >= 0.3 is 7.75 Å². The zero-order chi connectivity index (χ0) is 11.6. The van der Waals surface area contributed by atoms with Gasteiger partial charge in [0.1, 0.15) is 11.5 Å². The lowest BCUT2D eigenvalue weighted by Gasteiger charge is -2.10. The molecule has 0 spiro atoms. The molecule has 1 aromatic rings. The number of hydrogen-bond acceptors (Lipinski definition) is 2. The fourth-order valence-corrected chi connectivity index (χ4v) is 1.05. The first-order valence-corrected chi connectivity index (χ1v) is 5.14. The molecule has 0 fully saturated rings. The van der Waals surface area contributed by atoms with Crippen LogP contribution in [0.2, 0.25) is 0 Å². The molecule has 0 aromatic heterocycles. The molecule has 0 aliphatic heterocycles. The molecule has 5 nitrogen and oxygen atoms in total. The van der Waals surface area contributed by atoms with Crippen LogP contribution in [0.1, 0.15) is 0 Å². The van der Waals surface area contributed by atoms with Crippen molar-refractivity contribution in [3.8, 4) is 0 Å². The van der Waals surface area contributed by atoms with E-state index < -0.39 is 30.9 Å². The Kier molecular flexibility index (Phi) is 3.35. The quantitative estimate of drug-likeness (QED) is 0.471. The molecule has 84 valence electrons. The van der Waals surface area contributed by atoms with E-state index in [1.807, 2.05) is 0 Å². The first-order valence-electron chi connectivity index (χ1n) is 3.53. The minimum atomic E-state index is -4.67. The summed E-state index contributed by atoms with van der Waals surface area (Å²) in [5, 5.41) is 1.35. The molecule has 0 radical (unpaired) electrons. The van der Waals surface area contributed by atoms with Crippen molar-refractivity contribution in [2.24, 2.45) is 0 Å². The molecular weight excluding hydrogens is 236 g/mol. The molecule has 1 rings (SSSR count). The molecule has 0 bridgehead atoms. The van der Waals surface area contributed by atoms with E-state index >= 15 is 0 Å². The normalized spacial score (nSPS) is 11.5. The number of halogens is 3. The van der Waals surface area contributed by atoms with E-state index in [0.717, 1.165) is 0 Å². The maximum absolute atomic E-state index is 12.9. The molecule has 1 aromatic carbocycles. The van der Waals surface area contributed by atoms with Gasteiger partial charge in [-0.15, -0.1) is 5.20 Å². The Hall–Kier alpha value is -1.08. The van der Waals surface area contributed by atoms with Gasteiger partial charge in [0.2, 0.25) is 0 Å². The van der Waals surface area contributed by atoms with Crippen LogP contribution in [0.25, 0.3) is 0 Å². The van der Waals surface area contributed by atoms with Crippen molar-refractivity contribution in [3.63, 3.8) is 0 Å². The Morgan fingerprint density at radius 3 is 2.00 bits per heavy atom. The standard InChI is InChI=1S/C6H6F3N2O3P/c7-3-1-4(8)6(5(9)2-3)10-11-15(12,13)14/h1-2,10H,(H3,11,12,13,14). The van der Waals surface area contributed by atoms with E-state index in [1.54, 1.807) is 5.43 Å². The molecule has 0 atom stereocenters. The summed E-state index contributed by atoms with van der Waals surface area (Å²) in [7, 11) is -4.67. The number of benzene rings is 1. The van der Waals surface area contributed by atoms with Gasteiger partial charge in [-0.3, -0.25) is 0 Å². The molecule has 0 amide bonds. The summed E-state index contributed by atoms with van der Waals surface area (Å²) < 4.78 is 48.4. The molecule has 4 N–H and O–H groups in total. The van der Waals surface area contributed by atoms with Crippen molar-refractivity contribution in [2.45, 2.75) is 0 Å². The van der Waals surface area contributed by atoms with E-state index in [9.17, 15) is 17.7 Å². The van der Waals surface area contributed by atoms with Gasteiger partial charge in [-0.1, -0.05) is 0 Å². The summed E-state index contributed by atoms with van der Waals surface area (Å²) in [4.78, 5) is 16.7. The highest BCUT2D eigenvalue weighted by atomic mass is 31.2. The Morgan fingerprint density at radius 2 is 1.60 bits per heavy atom. The summed E-state index contributed by atoms with van der Waals surface area (Å²) in [6.07, 6.45) is 0. The molecular formula is C6H6F3N2O3P. The predicted molar refractivity (Wildman–Crippen MR) is 45.1 cm³/mol. The van der Waals surface area contributed by atoms with Gasteiger partial charge in [-0.05, 0) is 0 Å². The van der Waals surface area contributed by atoms with Crippen LogP contribution in [-0.2, 0) is 4.57 Å². The Bertz CT molecular complexity index is 399. The summed E-state index contributed by atoms with van der Waals surface area (Å²) in [6.45, 7) is 0. The second-order valence-electron chi connectivity index (χ2n) is 2.53.